The molecule has 0 saturated carbocycles. The molecule has 1 aliphatic heterocycles. The molecule has 1 aliphatic rings. The zero-order valence-corrected chi connectivity index (χ0v) is 14.2. The largest absolute Gasteiger partial charge is 0.486 e. The van der Waals surface area contributed by atoms with Crippen molar-refractivity contribution in [1.29, 1.82) is 0 Å². The molecule has 2 aromatic heterocycles. The van der Waals surface area contributed by atoms with E-state index >= 15 is 0 Å². The van der Waals surface area contributed by atoms with Crippen LogP contribution < -0.4 is 9.47 Å². The number of halogens is 1. The number of carbonyl (C=O) groups is 1. The van der Waals surface area contributed by atoms with Gasteiger partial charge in [0.05, 0.1) is 5.52 Å². The van der Waals surface area contributed by atoms with Gasteiger partial charge in [0.15, 0.2) is 11.5 Å². The van der Waals surface area contributed by atoms with Gasteiger partial charge < -0.3 is 9.47 Å². The van der Waals surface area contributed by atoms with Crippen LogP contribution in [0, 0.1) is 0 Å². The number of hydrogen-bond donors (Lipinski definition) is 0. The van der Waals surface area contributed by atoms with Crippen LogP contribution in [0.15, 0.2) is 36.5 Å². The fourth-order valence-corrected chi connectivity index (χ4v) is 2.90. The Hall–Kier alpha value is -2.86. The van der Waals surface area contributed by atoms with E-state index in [9.17, 15) is 4.79 Å². The molecule has 4 rings (SSSR count). The van der Waals surface area contributed by atoms with Crippen LogP contribution in [0.1, 0.15) is 16.1 Å². The molecule has 25 heavy (non-hydrogen) atoms. The monoisotopic (exact) mass is 355 g/mol. The molecule has 126 valence electrons. The first-order valence-corrected chi connectivity index (χ1v) is 8.10. The molecule has 0 atom stereocenters. The first-order chi connectivity index (χ1) is 12.1. The van der Waals surface area contributed by atoms with Crippen molar-refractivity contribution in [2.24, 2.45) is 7.05 Å². The van der Waals surface area contributed by atoms with E-state index in [0.29, 0.717) is 46.6 Å². The molecule has 0 radical (unpaired) electrons. The zero-order valence-electron chi connectivity index (χ0n) is 13.4. The van der Waals surface area contributed by atoms with Gasteiger partial charge in [0.25, 0.3) is 0 Å². The highest BCUT2D eigenvalue weighted by Gasteiger charge is 2.14. The highest BCUT2D eigenvalue weighted by molar-refractivity contribution is 6.31. The molecule has 6 nitrogen and oxygen atoms in total. The molecule has 0 amide bonds. The van der Waals surface area contributed by atoms with Crippen LogP contribution in [0.25, 0.3) is 17.0 Å². The molecule has 3 heterocycles. The first kappa shape index (κ1) is 15.7. The minimum absolute atomic E-state index is 0.154. The molecule has 0 bridgehead atoms. The molecule has 0 saturated heterocycles. The number of aryl methyl sites for hydroxylation is 1. The lowest BCUT2D eigenvalue weighted by atomic mass is 10.1. The number of ether oxygens (including phenoxy) is 2. The van der Waals surface area contributed by atoms with Gasteiger partial charge in [0, 0.05) is 30.3 Å². The Morgan fingerprint density at radius 1 is 1.24 bits per heavy atom. The van der Waals surface area contributed by atoms with Crippen LogP contribution in [0.4, 0.5) is 0 Å². The highest BCUT2D eigenvalue weighted by atomic mass is 35.5. The molecule has 0 spiro atoms. The standard InChI is InChI=1S/C18H14ClN3O3/c1-22-14(4-5-20-22)15(23)3-2-11-8-12-9-16-17(25-7-6-24-16)10-13(12)21-18(11)19/h2-5,8-10H,6-7H2,1H3/b3-2+. The number of allylic oxidation sites excluding steroid dienone is 1. The third-order valence-electron chi connectivity index (χ3n) is 3.95. The number of benzene rings is 1. The summed E-state index contributed by atoms with van der Waals surface area (Å²) in [5.41, 5.74) is 1.87. The van der Waals surface area contributed by atoms with E-state index in [1.165, 1.54) is 10.8 Å². The number of pyridine rings is 1. The third-order valence-corrected chi connectivity index (χ3v) is 4.25. The van der Waals surface area contributed by atoms with Gasteiger partial charge in [-0.3, -0.25) is 9.48 Å². The van der Waals surface area contributed by atoms with Gasteiger partial charge >= 0.3 is 0 Å². The molecule has 1 aromatic carbocycles. The molecular formula is C18H14ClN3O3. The van der Waals surface area contributed by atoms with Crippen molar-refractivity contribution in [2.45, 2.75) is 0 Å². The minimum atomic E-state index is -0.154. The van der Waals surface area contributed by atoms with Gasteiger partial charge in [-0.1, -0.05) is 11.6 Å². The summed E-state index contributed by atoms with van der Waals surface area (Å²) in [6, 6.07) is 7.21. The van der Waals surface area contributed by atoms with Crippen LogP contribution in [0.3, 0.4) is 0 Å². The average molecular weight is 356 g/mol. The summed E-state index contributed by atoms with van der Waals surface area (Å²) in [4.78, 5) is 16.6. The third kappa shape index (κ3) is 2.96. The Morgan fingerprint density at radius 3 is 2.72 bits per heavy atom. The van der Waals surface area contributed by atoms with E-state index in [1.54, 1.807) is 25.4 Å². The van der Waals surface area contributed by atoms with Crippen molar-refractivity contribution in [3.63, 3.8) is 0 Å². The van der Waals surface area contributed by atoms with Crippen molar-refractivity contribution in [1.82, 2.24) is 14.8 Å². The Balaban J connectivity index is 1.70. The normalized spacial score (nSPS) is 13.5. The second-order valence-corrected chi connectivity index (χ2v) is 5.95. The lowest BCUT2D eigenvalue weighted by molar-refractivity contribution is 0.103. The maximum Gasteiger partial charge on any atom is 0.203 e. The summed E-state index contributed by atoms with van der Waals surface area (Å²) in [6.45, 7) is 1.04. The number of rotatable bonds is 3. The predicted octanol–water partition coefficient (Wildman–Crippen LogP) is 3.29. The fraction of sp³-hybridized carbons (Fsp3) is 0.167. The quantitative estimate of drug-likeness (QED) is 0.410. The first-order valence-electron chi connectivity index (χ1n) is 7.72. The molecule has 0 aliphatic carbocycles. The second kappa shape index (κ2) is 6.22. The topological polar surface area (TPSA) is 66.2 Å². The molecule has 0 N–H and O–H groups in total. The van der Waals surface area contributed by atoms with Gasteiger partial charge in [-0.2, -0.15) is 5.10 Å². The van der Waals surface area contributed by atoms with Gasteiger partial charge in [-0.05, 0) is 30.4 Å². The van der Waals surface area contributed by atoms with E-state index in [0.717, 1.165) is 5.39 Å². The van der Waals surface area contributed by atoms with Gasteiger partial charge in [-0.15, -0.1) is 0 Å². The average Bonchev–Trinajstić information content (AvgIpc) is 3.04. The summed E-state index contributed by atoms with van der Waals surface area (Å²) < 4.78 is 12.7. The fourth-order valence-electron chi connectivity index (χ4n) is 2.69. The van der Waals surface area contributed by atoms with Crippen molar-refractivity contribution < 1.29 is 14.3 Å². The number of aromatic nitrogens is 3. The number of fused-ring (bicyclic) bond motifs is 2. The lowest BCUT2D eigenvalue weighted by Gasteiger charge is -2.18. The van der Waals surface area contributed by atoms with E-state index in [2.05, 4.69) is 10.1 Å². The molecule has 0 fully saturated rings. The summed E-state index contributed by atoms with van der Waals surface area (Å²) in [5.74, 6) is 1.19. The highest BCUT2D eigenvalue weighted by Crippen LogP contribution is 2.35. The van der Waals surface area contributed by atoms with E-state index in [-0.39, 0.29) is 5.78 Å². The molecule has 7 heteroatoms. The SMILES string of the molecule is Cn1nccc1C(=O)/C=C/c1cc2cc3c(cc2nc1Cl)OCCO3. The van der Waals surface area contributed by atoms with Crippen LogP contribution in [0.5, 0.6) is 11.5 Å². The number of ketones is 1. The lowest BCUT2D eigenvalue weighted by Crippen LogP contribution is -2.15. The van der Waals surface area contributed by atoms with Crippen LogP contribution >= 0.6 is 11.6 Å². The second-order valence-electron chi connectivity index (χ2n) is 5.59. The van der Waals surface area contributed by atoms with Crippen LogP contribution in [-0.2, 0) is 7.05 Å². The van der Waals surface area contributed by atoms with Crippen LogP contribution in [-0.4, -0.2) is 33.8 Å². The summed E-state index contributed by atoms with van der Waals surface area (Å²) in [5, 5.41) is 5.17. The van der Waals surface area contributed by atoms with E-state index in [4.69, 9.17) is 21.1 Å². The van der Waals surface area contributed by atoms with Crippen molar-refractivity contribution in [3.05, 3.63) is 52.9 Å². The Morgan fingerprint density at radius 2 is 2.00 bits per heavy atom. The smallest absolute Gasteiger partial charge is 0.203 e. The number of nitrogens with zero attached hydrogens (tertiary/aromatic N) is 3. The maximum absolute atomic E-state index is 12.2. The maximum atomic E-state index is 12.2. The summed E-state index contributed by atoms with van der Waals surface area (Å²) in [7, 11) is 1.72. The Kier molecular flexibility index (Phi) is 3.89. The predicted molar refractivity (Wildman–Crippen MR) is 94.3 cm³/mol. The number of hydrogen-bond acceptors (Lipinski definition) is 5. The Bertz CT molecular complexity index is 1010. The Labute approximate surface area is 148 Å². The summed E-state index contributed by atoms with van der Waals surface area (Å²) in [6.07, 6.45) is 4.70. The van der Waals surface area contributed by atoms with Crippen molar-refractivity contribution >= 4 is 34.4 Å². The van der Waals surface area contributed by atoms with Gasteiger partial charge in [-0.25, -0.2) is 4.98 Å². The van der Waals surface area contributed by atoms with Crippen LogP contribution in [0.2, 0.25) is 5.15 Å². The minimum Gasteiger partial charge on any atom is -0.486 e. The molecule has 3 aromatic rings. The van der Waals surface area contributed by atoms with Crippen molar-refractivity contribution in [2.75, 3.05) is 13.2 Å². The zero-order chi connectivity index (χ0) is 17.4. The van der Waals surface area contributed by atoms with Crippen molar-refractivity contribution in [3.8, 4) is 11.5 Å². The number of carbonyl (C=O) groups excluding carboxylic acids is 1. The van der Waals surface area contributed by atoms with E-state index in [1.807, 2.05) is 18.2 Å². The molecule has 0 unspecified atom stereocenters. The van der Waals surface area contributed by atoms with Gasteiger partial charge in [0.1, 0.15) is 24.1 Å². The summed E-state index contributed by atoms with van der Waals surface area (Å²) >= 11 is 6.26. The van der Waals surface area contributed by atoms with E-state index < -0.39 is 0 Å². The molecular weight excluding hydrogens is 342 g/mol. The van der Waals surface area contributed by atoms with Gasteiger partial charge in [0.2, 0.25) is 5.78 Å².